The van der Waals surface area contributed by atoms with Gasteiger partial charge in [0.1, 0.15) is 0 Å². The summed E-state index contributed by atoms with van der Waals surface area (Å²) in [4.78, 5) is 13.9. The maximum atomic E-state index is 11.8. The number of carbonyl (C=O) groups excluding carboxylic acids is 1. The van der Waals surface area contributed by atoms with Crippen molar-refractivity contribution in [3.05, 3.63) is 0 Å². The molecule has 0 radical (unpaired) electrons. The van der Waals surface area contributed by atoms with Crippen molar-refractivity contribution in [3.63, 3.8) is 0 Å². The smallest absolute Gasteiger partial charge is 0.223 e. The Balaban J connectivity index is 1.86. The molecule has 1 saturated heterocycles. The van der Waals surface area contributed by atoms with Gasteiger partial charge in [0, 0.05) is 19.0 Å². The first kappa shape index (κ1) is 9.04. The molecule has 2 nitrogen and oxygen atoms in total. The molecule has 2 aliphatic rings. The van der Waals surface area contributed by atoms with E-state index in [2.05, 4.69) is 11.8 Å². The van der Waals surface area contributed by atoms with Gasteiger partial charge in [-0.15, -0.1) is 0 Å². The van der Waals surface area contributed by atoms with Gasteiger partial charge in [-0.1, -0.05) is 6.92 Å². The van der Waals surface area contributed by atoms with Crippen LogP contribution in [0.25, 0.3) is 0 Å². The molecule has 1 aliphatic heterocycles. The van der Waals surface area contributed by atoms with Crippen molar-refractivity contribution in [1.82, 2.24) is 4.90 Å². The summed E-state index contributed by atoms with van der Waals surface area (Å²) >= 11 is 0. The molecule has 0 aromatic rings. The molecule has 13 heavy (non-hydrogen) atoms. The first-order chi connectivity index (χ1) is 6.31. The van der Waals surface area contributed by atoms with Gasteiger partial charge in [0.15, 0.2) is 0 Å². The van der Waals surface area contributed by atoms with Crippen molar-refractivity contribution < 1.29 is 4.79 Å². The van der Waals surface area contributed by atoms with Crippen molar-refractivity contribution >= 4 is 5.91 Å². The lowest BCUT2D eigenvalue weighted by Gasteiger charge is -2.23. The summed E-state index contributed by atoms with van der Waals surface area (Å²) in [5, 5.41) is 0. The highest BCUT2D eigenvalue weighted by atomic mass is 16.2. The highest BCUT2D eigenvalue weighted by Gasteiger charge is 2.31. The molecule has 1 atom stereocenters. The average molecular weight is 181 g/mol. The molecular formula is C11H19NO. The molecule has 0 bridgehead atoms. The lowest BCUT2D eigenvalue weighted by atomic mass is 10.1. The summed E-state index contributed by atoms with van der Waals surface area (Å²) in [6.07, 6.45) is 6.99. The zero-order chi connectivity index (χ0) is 9.26. The average Bonchev–Trinajstić information content (AvgIpc) is 2.82. The molecule has 0 unspecified atom stereocenters. The minimum Gasteiger partial charge on any atom is -0.340 e. The van der Waals surface area contributed by atoms with E-state index in [1.165, 1.54) is 25.7 Å². The Labute approximate surface area is 80.3 Å². The lowest BCUT2D eigenvalue weighted by Crippen LogP contribution is -2.35. The van der Waals surface area contributed by atoms with Crippen LogP contribution in [-0.4, -0.2) is 23.4 Å². The maximum absolute atomic E-state index is 11.8. The van der Waals surface area contributed by atoms with Gasteiger partial charge in [-0.05, 0) is 38.0 Å². The minimum absolute atomic E-state index is 0.423. The normalized spacial score (nSPS) is 28.1. The minimum atomic E-state index is 0.423. The Morgan fingerprint density at radius 1 is 1.38 bits per heavy atom. The molecule has 2 rings (SSSR count). The van der Waals surface area contributed by atoms with Gasteiger partial charge in [-0.25, -0.2) is 0 Å². The van der Waals surface area contributed by atoms with Gasteiger partial charge < -0.3 is 4.90 Å². The van der Waals surface area contributed by atoms with Crippen LogP contribution in [0, 0.1) is 5.92 Å². The largest absolute Gasteiger partial charge is 0.340 e. The van der Waals surface area contributed by atoms with Gasteiger partial charge in [-0.3, -0.25) is 4.79 Å². The van der Waals surface area contributed by atoms with Crippen molar-refractivity contribution in [2.45, 2.75) is 51.5 Å². The first-order valence-corrected chi connectivity index (χ1v) is 5.60. The van der Waals surface area contributed by atoms with Crippen LogP contribution < -0.4 is 0 Å². The van der Waals surface area contributed by atoms with E-state index in [0.29, 0.717) is 11.9 Å². The molecule has 0 spiro atoms. The fourth-order valence-corrected chi connectivity index (χ4v) is 2.27. The Bertz CT molecular complexity index is 198. The Morgan fingerprint density at radius 2 is 2.15 bits per heavy atom. The van der Waals surface area contributed by atoms with E-state index < -0.39 is 0 Å². The van der Waals surface area contributed by atoms with E-state index in [1.807, 2.05) is 0 Å². The van der Waals surface area contributed by atoms with E-state index in [9.17, 15) is 4.79 Å². The van der Waals surface area contributed by atoms with Crippen molar-refractivity contribution in [2.24, 2.45) is 5.92 Å². The van der Waals surface area contributed by atoms with Gasteiger partial charge in [0.2, 0.25) is 5.91 Å². The molecule has 1 heterocycles. The van der Waals surface area contributed by atoms with Gasteiger partial charge >= 0.3 is 0 Å². The number of hydrogen-bond donors (Lipinski definition) is 0. The second-order valence-corrected chi connectivity index (χ2v) is 4.44. The number of likely N-dealkylation sites (tertiary alicyclic amines) is 1. The number of carbonyl (C=O) groups is 1. The fraction of sp³-hybridized carbons (Fsp3) is 0.909. The van der Waals surface area contributed by atoms with Crippen LogP contribution in [0.5, 0.6) is 0 Å². The van der Waals surface area contributed by atoms with E-state index in [-0.39, 0.29) is 0 Å². The summed E-state index contributed by atoms with van der Waals surface area (Å²) in [6, 6.07) is 0.561. The summed E-state index contributed by atoms with van der Waals surface area (Å²) < 4.78 is 0. The predicted octanol–water partition coefficient (Wildman–Crippen LogP) is 2.19. The highest BCUT2D eigenvalue weighted by Crippen LogP contribution is 2.34. The van der Waals surface area contributed by atoms with Crippen molar-refractivity contribution in [3.8, 4) is 0 Å². The van der Waals surface area contributed by atoms with E-state index >= 15 is 0 Å². The number of rotatable bonds is 3. The molecule has 1 aliphatic carbocycles. The van der Waals surface area contributed by atoms with Crippen molar-refractivity contribution in [2.75, 3.05) is 6.54 Å². The van der Waals surface area contributed by atoms with Crippen LogP contribution in [0.4, 0.5) is 0 Å². The van der Waals surface area contributed by atoms with Gasteiger partial charge in [0.05, 0.1) is 0 Å². The van der Waals surface area contributed by atoms with Crippen LogP contribution in [0.1, 0.15) is 45.4 Å². The molecule has 1 saturated carbocycles. The van der Waals surface area contributed by atoms with Gasteiger partial charge in [0.25, 0.3) is 0 Å². The second kappa shape index (κ2) is 3.69. The Kier molecular flexibility index (Phi) is 2.56. The van der Waals surface area contributed by atoms with Crippen LogP contribution in [0.2, 0.25) is 0 Å². The zero-order valence-electron chi connectivity index (χ0n) is 8.46. The summed E-state index contributed by atoms with van der Waals surface area (Å²) in [7, 11) is 0. The van der Waals surface area contributed by atoms with E-state index in [1.54, 1.807) is 0 Å². The third-order valence-corrected chi connectivity index (χ3v) is 3.33. The summed E-state index contributed by atoms with van der Waals surface area (Å²) in [5.74, 6) is 1.16. The molecular weight excluding hydrogens is 162 g/mol. The molecule has 1 amide bonds. The summed E-state index contributed by atoms with van der Waals surface area (Å²) in [5.41, 5.74) is 0. The van der Waals surface area contributed by atoms with Crippen LogP contribution in [0.3, 0.4) is 0 Å². The predicted molar refractivity (Wildman–Crippen MR) is 52.4 cm³/mol. The fourth-order valence-electron chi connectivity index (χ4n) is 2.27. The van der Waals surface area contributed by atoms with Gasteiger partial charge in [-0.2, -0.15) is 0 Å². The number of nitrogens with zero attached hydrogens (tertiary/aromatic N) is 1. The second-order valence-electron chi connectivity index (χ2n) is 4.44. The Morgan fingerprint density at radius 3 is 2.77 bits per heavy atom. The topological polar surface area (TPSA) is 20.3 Å². The summed E-state index contributed by atoms with van der Waals surface area (Å²) in [6.45, 7) is 3.21. The van der Waals surface area contributed by atoms with Crippen LogP contribution in [-0.2, 0) is 4.79 Å². The molecule has 2 heteroatoms. The van der Waals surface area contributed by atoms with E-state index in [4.69, 9.17) is 0 Å². The first-order valence-electron chi connectivity index (χ1n) is 5.60. The van der Waals surface area contributed by atoms with Crippen LogP contribution in [0.15, 0.2) is 0 Å². The number of hydrogen-bond acceptors (Lipinski definition) is 1. The monoisotopic (exact) mass is 181 g/mol. The SMILES string of the molecule is CC[C@@H]1CCCN1C(=O)CC1CC1. The van der Waals surface area contributed by atoms with Crippen molar-refractivity contribution in [1.29, 1.82) is 0 Å². The highest BCUT2D eigenvalue weighted by molar-refractivity contribution is 5.77. The standard InChI is InChI=1S/C11H19NO/c1-2-10-4-3-7-12(10)11(13)8-9-5-6-9/h9-10H,2-8H2,1H3/t10-/m1/s1. The third-order valence-electron chi connectivity index (χ3n) is 3.33. The number of amides is 1. The van der Waals surface area contributed by atoms with E-state index in [0.717, 1.165) is 25.3 Å². The zero-order valence-corrected chi connectivity index (χ0v) is 8.46. The quantitative estimate of drug-likeness (QED) is 0.653. The third kappa shape index (κ3) is 2.04. The molecule has 0 aromatic heterocycles. The Hall–Kier alpha value is -0.530. The lowest BCUT2D eigenvalue weighted by molar-refractivity contribution is -0.132. The molecule has 0 N–H and O–H groups in total. The molecule has 2 fully saturated rings. The van der Waals surface area contributed by atoms with Crippen LogP contribution >= 0.6 is 0 Å². The molecule has 0 aromatic carbocycles. The molecule has 74 valence electrons. The maximum Gasteiger partial charge on any atom is 0.223 e.